The van der Waals surface area contributed by atoms with Gasteiger partial charge in [-0.25, -0.2) is 8.78 Å². The highest BCUT2D eigenvalue weighted by atomic mass is 19.1. The van der Waals surface area contributed by atoms with Crippen molar-refractivity contribution in [2.75, 3.05) is 0 Å². The molecule has 0 bridgehead atoms. The van der Waals surface area contributed by atoms with Gasteiger partial charge in [0.05, 0.1) is 0 Å². The molecule has 0 amide bonds. The van der Waals surface area contributed by atoms with Crippen molar-refractivity contribution in [3.05, 3.63) is 59.4 Å². The second-order valence-corrected chi connectivity index (χ2v) is 3.81. The van der Waals surface area contributed by atoms with E-state index in [2.05, 4.69) is 0 Å². The summed E-state index contributed by atoms with van der Waals surface area (Å²) in [6.45, 7) is 1.36. The summed E-state index contributed by atoms with van der Waals surface area (Å²) in [4.78, 5) is 0. The Kier molecular flexibility index (Phi) is 3.00. The summed E-state index contributed by atoms with van der Waals surface area (Å²) in [5.41, 5.74) is 2.82. The Morgan fingerprint density at radius 1 is 1.00 bits per heavy atom. The Morgan fingerprint density at radius 3 is 2.25 bits per heavy atom. The quantitative estimate of drug-likeness (QED) is 0.706. The minimum absolute atomic E-state index is 0.243. The second-order valence-electron chi connectivity index (χ2n) is 3.81. The number of alkyl halides is 1. The van der Waals surface area contributed by atoms with Gasteiger partial charge < -0.3 is 0 Å². The molecule has 0 heterocycles. The molecule has 82 valence electrons. The van der Waals surface area contributed by atoms with Crippen LogP contribution in [0, 0.1) is 12.7 Å². The summed E-state index contributed by atoms with van der Waals surface area (Å²) in [7, 11) is 0. The molecule has 0 aromatic heterocycles. The number of hydrogen-bond donors (Lipinski definition) is 0. The molecule has 0 spiro atoms. The van der Waals surface area contributed by atoms with Gasteiger partial charge in [-0.05, 0) is 29.7 Å². The first-order valence-electron chi connectivity index (χ1n) is 5.12. The van der Waals surface area contributed by atoms with Gasteiger partial charge in [-0.2, -0.15) is 0 Å². The van der Waals surface area contributed by atoms with Gasteiger partial charge in [0.1, 0.15) is 12.5 Å². The molecule has 0 saturated carbocycles. The van der Waals surface area contributed by atoms with Gasteiger partial charge in [0, 0.05) is 5.56 Å². The zero-order chi connectivity index (χ0) is 11.5. The van der Waals surface area contributed by atoms with Crippen molar-refractivity contribution in [3.63, 3.8) is 0 Å². The summed E-state index contributed by atoms with van der Waals surface area (Å²) in [6.07, 6.45) is 0. The second kappa shape index (κ2) is 4.44. The fourth-order valence-electron chi connectivity index (χ4n) is 1.63. The van der Waals surface area contributed by atoms with Gasteiger partial charge in [-0.1, -0.05) is 36.4 Å². The van der Waals surface area contributed by atoms with Crippen molar-refractivity contribution >= 4 is 0 Å². The number of benzene rings is 2. The van der Waals surface area contributed by atoms with Crippen molar-refractivity contribution in [1.82, 2.24) is 0 Å². The maximum atomic E-state index is 13.6. The number of aryl methyl sites for hydroxylation is 1. The van der Waals surface area contributed by atoms with Crippen LogP contribution in [-0.2, 0) is 6.67 Å². The molecule has 0 fully saturated rings. The van der Waals surface area contributed by atoms with Crippen LogP contribution in [0.5, 0.6) is 0 Å². The van der Waals surface area contributed by atoms with E-state index in [9.17, 15) is 8.78 Å². The molecule has 2 aromatic carbocycles. The van der Waals surface area contributed by atoms with Crippen LogP contribution in [0.3, 0.4) is 0 Å². The van der Waals surface area contributed by atoms with E-state index < -0.39 is 6.67 Å². The predicted molar refractivity (Wildman–Crippen MR) is 61.4 cm³/mol. The molecular formula is C14H12F2. The maximum absolute atomic E-state index is 13.6. The molecule has 0 aliphatic heterocycles. The lowest BCUT2D eigenvalue weighted by Gasteiger charge is -2.05. The SMILES string of the molecule is Cc1ccc(-c2ccc(CF)cc2)c(F)c1. The molecule has 0 aliphatic carbocycles. The summed E-state index contributed by atoms with van der Waals surface area (Å²) in [6, 6.07) is 11.9. The molecule has 0 aliphatic rings. The maximum Gasteiger partial charge on any atom is 0.131 e. The van der Waals surface area contributed by atoms with E-state index in [4.69, 9.17) is 0 Å². The highest BCUT2D eigenvalue weighted by Gasteiger charge is 2.04. The van der Waals surface area contributed by atoms with E-state index in [1.807, 2.05) is 13.0 Å². The summed E-state index contributed by atoms with van der Waals surface area (Å²) >= 11 is 0. The summed E-state index contributed by atoms with van der Waals surface area (Å²) in [5.74, 6) is -0.243. The van der Waals surface area contributed by atoms with Crippen molar-refractivity contribution in [3.8, 4) is 11.1 Å². The van der Waals surface area contributed by atoms with E-state index in [1.165, 1.54) is 6.07 Å². The third-order valence-corrected chi connectivity index (χ3v) is 2.54. The van der Waals surface area contributed by atoms with Crippen LogP contribution in [0.15, 0.2) is 42.5 Å². The average molecular weight is 218 g/mol. The number of rotatable bonds is 2. The fourth-order valence-corrected chi connectivity index (χ4v) is 1.63. The molecule has 0 saturated heterocycles. The molecule has 2 rings (SSSR count). The Labute approximate surface area is 93.5 Å². The Bertz CT molecular complexity index is 487. The lowest BCUT2D eigenvalue weighted by molar-refractivity contribution is 0.485. The molecule has 2 heteroatoms. The zero-order valence-electron chi connectivity index (χ0n) is 9.00. The minimum atomic E-state index is -0.489. The number of hydrogen-bond acceptors (Lipinski definition) is 0. The van der Waals surface area contributed by atoms with Crippen LogP contribution in [0.4, 0.5) is 8.78 Å². The molecule has 16 heavy (non-hydrogen) atoms. The molecule has 0 N–H and O–H groups in total. The van der Waals surface area contributed by atoms with E-state index in [1.54, 1.807) is 30.3 Å². The van der Waals surface area contributed by atoms with Crippen molar-refractivity contribution in [2.24, 2.45) is 0 Å². The first-order chi connectivity index (χ1) is 7.70. The van der Waals surface area contributed by atoms with Gasteiger partial charge in [-0.3, -0.25) is 0 Å². The van der Waals surface area contributed by atoms with Crippen LogP contribution < -0.4 is 0 Å². The lowest BCUT2D eigenvalue weighted by atomic mass is 10.0. The molecular weight excluding hydrogens is 206 g/mol. The van der Waals surface area contributed by atoms with E-state index in [0.29, 0.717) is 11.1 Å². The van der Waals surface area contributed by atoms with E-state index in [-0.39, 0.29) is 5.82 Å². The van der Waals surface area contributed by atoms with E-state index in [0.717, 1.165) is 11.1 Å². The molecule has 0 atom stereocenters. The molecule has 2 aromatic rings. The lowest BCUT2D eigenvalue weighted by Crippen LogP contribution is -1.86. The van der Waals surface area contributed by atoms with Crippen LogP contribution in [0.2, 0.25) is 0 Å². The van der Waals surface area contributed by atoms with Crippen molar-refractivity contribution < 1.29 is 8.78 Å². The molecule has 0 nitrogen and oxygen atoms in total. The van der Waals surface area contributed by atoms with Crippen LogP contribution in [0.25, 0.3) is 11.1 Å². The zero-order valence-corrected chi connectivity index (χ0v) is 9.00. The fraction of sp³-hybridized carbons (Fsp3) is 0.143. The first kappa shape index (κ1) is 10.8. The van der Waals surface area contributed by atoms with Crippen LogP contribution in [-0.4, -0.2) is 0 Å². The highest BCUT2D eigenvalue weighted by molar-refractivity contribution is 5.64. The highest BCUT2D eigenvalue weighted by Crippen LogP contribution is 2.24. The van der Waals surface area contributed by atoms with Gasteiger partial charge in [-0.15, -0.1) is 0 Å². The largest absolute Gasteiger partial charge is 0.246 e. The van der Waals surface area contributed by atoms with Gasteiger partial charge >= 0.3 is 0 Å². The Morgan fingerprint density at radius 2 is 1.69 bits per heavy atom. The third-order valence-electron chi connectivity index (χ3n) is 2.54. The van der Waals surface area contributed by atoms with Crippen molar-refractivity contribution in [1.29, 1.82) is 0 Å². The smallest absolute Gasteiger partial charge is 0.131 e. The monoisotopic (exact) mass is 218 g/mol. The van der Waals surface area contributed by atoms with Crippen LogP contribution >= 0.6 is 0 Å². The first-order valence-corrected chi connectivity index (χ1v) is 5.12. The standard InChI is InChI=1S/C14H12F2/c1-10-2-7-13(14(16)8-10)12-5-3-11(9-15)4-6-12/h2-8H,9H2,1H3. The summed E-state index contributed by atoms with van der Waals surface area (Å²) in [5, 5.41) is 0. The topological polar surface area (TPSA) is 0 Å². The minimum Gasteiger partial charge on any atom is -0.246 e. The predicted octanol–water partition coefficient (Wildman–Crippen LogP) is 4.27. The number of halogens is 2. The summed E-state index contributed by atoms with van der Waals surface area (Å²) < 4.78 is 26.0. The Balaban J connectivity index is 2.42. The normalized spacial score (nSPS) is 10.4. The van der Waals surface area contributed by atoms with Crippen LogP contribution in [0.1, 0.15) is 11.1 Å². The third kappa shape index (κ3) is 2.11. The molecule has 0 radical (unpaired) electrons. The van der Waals surface area contributed by atoms with Gasteiger partial charge in [0.2, 0.25) is 0 Å². The average Bonchev–Trinajstić information content (AvgIpc) is 2.29. The molecule has 0 unspecified atom stereocenters. The Hall–Kier alpha value is -1.70. The van der Waals surface area contributed by atoms with Gasteiger partial charge in [0.25, 0.3) is 0 Å². The van der Waals surface area contributed by atoms with Gasteiger partial charge in [0.15, 0.2) is 0 Å². The van der Waals surface area contributed by atoms with Crippen molar-refractivity contribution in [2.45, 2.75) is 13.6 Å². The van der Waals surface area contributed by atoms with E-state index >= 15 is 0 Å².